The predicted molar refractivity (Wildman–Crippen MR) is 104 cm³/mol. The summed E-state index contributed by atoms with van der Waals surface area (Å²) in [4.78, 5) is 2.42. The fourth-order valence-electron chi connectivity index (χ4n) is 3.44. The second-order valence-corrected chi connectivity index (χ2v) is 7.25. The average Bonchev–Trinajstić information content (AvgIpc) is 3.08. The maximum atomic E-state index is 10.3. The first-order valence-corrected chi connectivity index (χ1v) is 9.35. The molecule has 0 spiro atoms. The summed E-state index contributed by atoms with van der Waals surface area (Å²) < 4.78 is 5.78. The number of nitrogens with zero attached hydrogens (tertiary/aromatic N) is 2. The molecule has 5 nitrogen and oxygen atoms in total. The molecule has 0 bridgehead atoms. The van der Waals surface area contributed by atoms with Crippen LogP contribution in [0, 0.1) is 0 Å². The molecular formula is C20H20BrN3O2. The lowest BCUT2D eigenvalue weighted by Gasteiger charge is -2.27. The fourth-order valence-corrected chi connectivity index (χ4v) is 3.96. The molecular weight excluding hydrogens is 394 g/mol. The lowest BCUT2D eigenvalue weighted by molar-refractivity contribution is 0.245. The van der Waals surface area contributed by atoms with E-state index in [2.05, 4.69) is 55.3 Å². The zero-order chi connectivity index (χ0) is 18.1. The molecule has 6 heteroatoms. The Balaban J connectivity index is 1.64. The number of hydrogen-bond donors (Lipinski definition) is 2. The summed E-state index contributed by atoms with van der Waals surface area (Å²) in [7, 11) is 1.54. The first-order valence-electron chi connectivity index (χ1n) is 8.55. The molecule has 0 radical (unpaired) electrons. The number of ether oxygens (including phenoxy) is 1. The molecule has 0 fully saturated rings. The van der Waals surface area contributed by atoms with Crippen molar-refractivity contribution < 1.29 is 9.84 Å². The summed E-state index contributed by atoms with van der Waals surface area (Å²) in [6.45, 7) is 2.74. The topological polar surface area (TPSA) is 61.4 Å². The van der Waals surface area contributed by atoms with E-state index in [4.69, 9.17) is 4.74 Å². The SMILES string of the molecule is COc1ccc(-c2n[nH]c3c2CN(Cc2ccccc2)CC3)c(Br)c1O. The van der Waals surface area contributed by atoms with Crippen molar-refractivity contribution in [3.63, 3.8) is 0 Å². The minimum absolute atomic E-state index is 0.0960. The van der Waals surface area contributed by atoms with Crippen LogP contribution in [-0.2, 0) is 19.5 Å². The van der Waals surface area contributed by atoms with E-state index in [0.29, 0.717) is 10.2 Å². The van der Waals surface area contributed by atoms with E-state index >= 15 is 0 Å². The van der Waals surface area contributed by atoms with Crippen LogP contribution in [0.2, 0.25) is 0 Å². The molecule has 2 N–H and O–H groups in total. The Hall–Kier alpha value is -2.31. The quantitative estimate of drug-likeness (QED) is 0.675. The normalized spacial score (nSPS) is 14.2. The minimum atomic E-state index is 0.0960. The van der Waals surface area contributed by atoms with Gasteiger partial charge in [-0.25, -0.2) is 0 Å². The molecule has 0 atom stereocenters. The molecule has 0 saturated heterocycles. The summed E-state index contributed by atoms with van der Waals surface area (Å²) in [5, 5.41) is 18.0. The summed E-state index contributed by atoms with van der Waals surface area (Å²) in [6.07, 6.45) is 0.939. The van der Waals surface area contributed by atoms with Crippen molar-refractivity contribution in [1.29, 1.82) is 0 Å². The molecule has 0 saturated carbocycles. The summed E-state index contributed by atoms with van der Waals surface area (Å²) in [5.74, 6) is 0.537. The van der Waals surface area contributed by atoms with Gasteiger partial charge in [-0.05, 0) is 33.6 Å². The largest absolute Gasteiger partial charge is 0.503 e. The van der Waals surface area contributed by atoms with E-state index in [1.54, 1.807) is 13.2 Å². The van der Waals surface area contributed by atoms with Gasteiger partial charge in [-0.3, -0.25) is 10.00 Å². The number of aromatic amines is 1. The van der Waals surface area contributed by atoms with Crippen molar-refractivity contribution >= 4 is 15.9 Å². The van der Waals surface area contributed by atoms with Crippen LogP contribution >= 0.6 is 15.9 Å². The van der Waals surface area contributed by atoms with Crippen molar-refractivity contribution in [2.24, 2.45) is 0 Å². The van der Waals surface area contributed by atoms with Gasteiger partial charge in [-0.1, -0.05) is 30.3 Å². The third-order valence-electron chi connectivity index (χ3n) is 4.82. The Labute approximate surface area is 160 Å². The van der Waals surface area contributed by atoms with Crippen LogP contribution in [-0.4, -0.2) is 33.9 Å². The van der Waals surface area contributed by atoms with Crippen LogP contribution in [0.15, 0.2) is 46.9 Å². The number of rotatable bonds is 4. The molecule has 2 aromatic carbocycles. The van der Waals surface area contributed by atoms with E-state index in [1.807, 2.05) is 12.1 Å². The molecule has 2 heterocycles. The molecule has 0 aliphatic carbocycles. The van der Waals surface area contributed by atoms with E-state index in [0.717, 1.165) is 37.3 Å². The zero-order valence-corrected chi connectivity index (χ0v) is 16.1. The standard InChI is InChI=1S/C20H20BrN3O2/c1-26-17-8-7-14(18(21)20(17)25)19-15-12-24(10-9-16(15)22-23-19)11-13-5-3-2-4-6-13/h2-8,25H,9-12H2,1H3,(H,22,23). The van der Waals surface area contributed by atoms with Gasteiger partial charge in [-0.15, -0.1) is 0 Å². The first-order chi connectivity index (χ1) is 12.7. The molecule has 0 amide bonds. The van der Waals surface area contributed by atoms with Crippen molar-refractivity contribution in [2.45, 2.75) is 19.5 Å². The second-order valence-electron chi connectivity index (χ2n) is 6.45. The van der Waals surface area contributed by atoms with E-state index in [-0.39, 0.29) is 5.75 Å². The van der Waals surface area contributed by atoms with Crippen molar-refractivity contribution in [1.82, 2.24) is 15.1 Å². The van der Waals surface area contributed by atoms with Crippen molar-refractivity contribution in [3.8, 4) is 22.8 Å². The van der Waals surface area contributed by atoms with Gasteiger partial charge in [0, 0.05) is 42.9 Å². The summed E-state index contributed by atoms with van der Waals surface area (Å²) in [6, 6.07) is 14.2. The number of phenols is 1. The number of methoxy groups -OCH3 is 1. The van der Waals surface area contributed by atoms with Crippen LogP contribution in [0.3, 0.4) is 0 Å². The van der Waals surface area contributed by atoms with Gasteiger partial charge in [0.25, 0.3) is 0 Å². The molecule has 0 unspecified atom stereocenters. The lowest BCUT2D eigenvalue weighted by atomic mass is 10.00. The highest BCUT2D eigenvalue weighted by atomic mass is 79.9. The van der Waals surface area contributed by atoms with Gasteiger partial charge < -0.3 is 9.84 Å². The van der Waals surface area contributed by atoms with Crippen LogP contribution in [0.4, 0.5) is 0 Å². The van der Waals surface area contributed by atoms with Gasteiger partial charge >= 0.3 is 0 Å². The number of halogens is 1. The van der Waals surface area contributed by atoms with E-state index in [9.17, 15) is 5.11 Å². The highest BCUT2D eigenvalue weighted by Gasteiger charge is 2.25. The Morgan fingerprint density at radius 2 is 2.04 bits per heavy atom. The molecule has 26 heavy (non-hydrogen) atoms. The Bertz CT molecular complexity index is 924. The van der Waals surface area contributed by atoms with Gasteiger partial charge in [0.2, 0.25) is 0 Å². The Kier molecular flexibility index (Phi) is 4.70. The number of hydrogen-bond acceptors (Lipinski definition) is 4. The number of benzene rings is 2. The van der Waals surface area contributed by atoms with E-state index in [1.165, 1.54) is 16.8 Å². The minimum Gasteiger partial charge on any atom is -0.503 e. The number of aromatic nitrogens is 2. The van der Waals surface area contributed by atoms with Crippen LogP contribution in [0.25, 0.3) is 11.3 Å². The highest BCUT2D eigenvalue weighted by molar-refractivity contribution is 9.10. The van der Waals surface area contributed by atoms with E-state index < -0.39 is 0 Å². The second kappa shape index (κ2) is 7.13. The number of fused-ring (bicyclic) bond motifs is 1. The monoisotopic (exact) mass is 413 g/mol. The number of nitrogens with one attached hydrogen (secondary N) is 1. The van der Waals surface area contributed by atoms with Crippen LogP contribution in [0.1, 0.15) is 16.8 Å². The summed E-state index contributed by atoms with van der Waals surface area (Å²) in [5.41, 5.74) is 5.41. The third kappa shape index (κ3) is 3.10. The van der Waals surface area contributed by atoms with Gasteiger partial charge in [0.05, 0.1) is 17.3 Å². The lowest BCUT2D eigenvalue weighted by Crippen LogP contribution is -2.29. The van der Waals surface area contributed by atoms with Crippen LogP contribution in [0.5, 0.6) is 11.5 Å². The molecule has 1 aliphatic heterocycles. The molecule has 4 rings (SSSR count). The van der Waals surface area contributed by atoms with Crippen molar-refractivity contribution in [2.75, 3.05) is 13.7 Å². The average molecular weight is 414 g/mol. The predicted octanol–water partition coefficient (Wildman–Crippen LogP) is 4.11. The fraction of sp³-hybridized carbons (Fsp3) is 0.250. The summed E-state index contributed by atoms with van der Waals surface area (Å²) >= 11 is 3.49. The zero-order valence-electron chi connectivity index (χ0n) is 14.5. The molecule has 3 aromatic rings. The maximum Gasteiger partial charge on any atom is 0.172 e. The highest BCUT2D eigenvalue weighted by Crippen LogP contribution is 2.42. The van der Waals surface area contributed by atoms with Gasteiger partial charge in [0.15, 0.2) is 11.5 Å². The Morgan fingerprint density at radius 1 is 1.23 bits per heavy atom. The number of aromatic hydroxyl groups is 1. The molecule has 134 valence electrons. The maximum absolute atomic E-state index is 10.3. The van der Waals surface area contributed by atoms with Crippen LogP contribution < -0.4 is 4.74 Å². The number of phenolic OH excluding ortho intramolecular Hbond substituents is 1. The third-order valence-corrected chi connectivity index (χ3v) is 5.62. The first kappa shape index (κ1) is 17.1. The van der Waals surface area contributed by atoms with Crippen molar-refractivity contribution in [3.05, 3.63) is 63.8 Å². The smallest absolute Gasteiger partial charge is 0.172 e. The molecule has 1 aliphatic rings. The van der Waals surface area contributed by atoms with Gasteiger partial charge in [0.1, 0.15) is 0 Å². The number of H-pyrrole nitrogens is 1. The Morgan fingerprint density at radius 3 is 2.81 bits per heavy atom. The molecule has 1 aromatic heterocycles. The van der Waals surface area contributed by atoms with Gasteiger partial charge in [-0.2, -0.15) is 5.10 Å².